The van der Waals surface area contributed by atoms with E-state index in [1.165, 1.54) is 5.56 Å². The maximum Gasteiger partial charge on any atom is 0.257 e. The summed E-state index contributed by atoms with van der Waals surface area (Å²) in [5.74, 6) is 0.0897. The van der Waals surface area contributed by atoms with Gasteiger partial charge in [0.1, 0.15) is 0 Å². The summed E-state index contributed by atoms with van der Waals surface area (Å²) in [5, 5.41) is 4.93. The predicted molar refractivity (Wildman–Crippen MR) is 104 cm³/mol. The minimum absolute atomic E-state index is 0.0562. The molecule has 2 atom stereocenters. The Labute approximate surface area is 158 Å². The van der Waals surface area contributed by atoms with E-state index in [0.717, 1.165) is 11.1 Å². The number of carbonyl (C=O) groups is 1. The van der Waals surface area contributed by atoms with E-state index >= 15 is 0 Å². The van der Waals surface area contributed by atoms with E-state index in [0.29, 0.717) is 24.4 Å². The summed E-state index contributed by atoms with van der Waals surface area (Å²) in [4.78, 5) is 19.2. The predicted octanol–water partition coefficient (Wildman–Crippen LogP) is 3.09. The molecule has 1 aliphatic rings. The summed E-state index contributed by atoms with van der Waals surface area (Å²) in [6, 6.07) is 11.9. The minimum atomic E-state index is -0.191. The van der Waals surface area contributed by atoms with Gasteiger partial charge in [0.05, 0.1) is 16.6 Å². The molecule has 2 aromatic heterocycles. The molecule has 2 N–H and O–H groups in total. The molecule has 6 heteroatoms. The van der Waals surface area contributed by atoms with E-state index in [9.17, 15) is 4.79 Å². The van der Waals surface area contributed by atoms with Crippen molar-refractivity contribution in [3.63, 3.8) is 0 Å². The molecule has 0 unspecified atom stereocenters. The summed E-state index contributed by atoms with van der Waals surface area (Å²) < 4.78 is 5.32. The topological polar surface area (TPSA) is 85.2 Å². The van der Waals surface area contributed by atoms with Crippen LogP contribution in [0, 0.1) is 0 Å². The van der Waals surface area contributed by atoms with Gasteiger partial charge in [-0.1, -0.05) is 56.3 Å². The number of pyridine rings is 1. The van der Waals surface area contributed by atoms with Crippen LogP contribution in [0.4, 0.5) is 0 Å². The molecule has 1 aromatic carbocycles. The van der Waals surface area contributed by atoms with Crippen LogP contribution in [0.2, 0.25) is 0 Å². The number of carbonyl (C=O) groups excluding carboxylic acids is 1. The second kappa shape index (κ2) is 6.46. The summed E-state index contributed by atoms with van der Waals surface area (Å²) in [6.45, 7) is 7.32. The van der Waals surface area contributed by atoms with Gasteiger partial charge in [-0.25, -0.2) is 4.98 Å². The van der Waals surface area contributed by atoms with Crippen molar-refractivity contribution in [2.75, 3.05) is 13.1 Å². The van der Waals surface area contributed by atoms with E-state index in [2.05, 4.69) is 43.0 Å². The van der Waals surface area contributed by atoms with Crippen LogP contribution in [-0.4, -0.2) is 40.1 Å². The lowest BCUT2D eigenvalue weighted by Gasteiger charge is -2.17. The molecular weight excluding hydrogens is 340 g/mol. The summed E-state index contributed by atoms with van der Waals surface area (Å²) >= 11 is 0. The summed E-state index contributed by atoms with van der Waals surface area (Å²) in [5.41, 5.74) is 9.12. The number of likely N-dealkylation sites (tertiary alicyclic amines) is 1. The Kier molecular flexibility index (Phi) is 4.23. The molecule has 1 aliphatic heterocycles. The fraction of sp³-hybridized carbons (Fsp3) is 0.381. The first-order chi connectivity index (χ1) is 12.8. The molecule has 0 saturated carbocycles. The van der Waals surface area contributed by atoms with Crippen LogP contribution < -0.4 is 5.73 Å². The standard InChI is InChI=1S/C21H24N4O2/c1-21(2,3)18-15-9-14(10-23-19(15)27-24-18)20(26)25-11-16(17(22)12-25)13-7-5-4-6-8-13/h4-10,16-17H,11-12,22H2,1-3H3/t16-,17+/m0/s1. The van der Waals surface area contributed by atoms with Gasteiger partial charge in [0.15, 0.2) is 0 Å². The maximum absolute atomic E-state index is 13.1. The number of hydrogen-bond donors (Lipinski definition) is 1. The van der Waals surface area contributed by atoms with Crippen molar-refractivity contribution in [2.45, 2.75) is 38.1 Å². The number of aromatic nitrogens is 2. The van der Waals surface area contributed by atoms with Crippen molar-refractivity contribution in [3.8, 4) is 0 Å². The van der Waals surface area contributed by atoms with Gasteiger partial charge < -0.3 is 15.2 Å². The smallest absolute Gasteiger partial charge is 0.257 e. The van der Waals surface area contributed by atoms with Crippen molar-refractivity contribution in [1.82, 2.24) is 15.0 Å². The van der Waals surface area contributed by atoms with Gasteiger partial charge >= 0.3 is 0 Å². The molecule has 1 saturated heterocycles. The SMILES string of the molecule is CC(C)(C)c1noc2ncc(C(=O)N3C[C@@H](N)[C@H](c4ccccc4)C3)cc12. The molecule has 140 valence electrons. The zero-order valence-corrected chi connectivity index (χ0v) is 15.8. The second-order valence-corrected chi connectivity index (χ2v) is 8.25. The summed E-state index contributed by atoms with van der Waals surface area (Å²) in [7, 11) is 0. The third kappa shape index (κ3) is 3.21. The number of nitrogens with two attached hydrogens (primary N) is 1. The molecule has 1 amide bonds. The molecule has 6 nitrogen and oxygen atoms in total. The van der Waals surface area contributed by atoms with Crippen LogP contribution in [0.1, 0.15) is 48.3 Å². The van der Waals surface area contributed by atoms with Crippen LogP contribution in [0.15, 0.2) is 47.1 Å². The second-order valence-electron chi connectivity index (χ2n) is 8.25. The minimum Gasteiger partial charge on any atom is -0.336 e. The molecule has 0 aliphatic carbocycles. The van der Waals surface area contributed by atoms with E-state index in [4.69, 9.17) is 10.3 Å². The fourth-order valence-corrected chi connectivity index (χ4v) is 3.72. The van der Waals surface area contributed by atoms with Gasteiger partial charge in [-0.2, -0.15) is 0 Å². The fourth-order valence-electron chi connectivity index (χ4n) is 3.72. The monoisotopic (exact) mass is 364 g/mol. The highest BCUT2D eigenvalue weighted by atomic mass is 16.5. The normalized spacial score (nSPS) is 20.4. The average molecular weight is 364 g/mol. The Morgan fingerprint density at radius 3 is 2.67 bits per heavy atom. The van der Waals surface area contributed by atoms with Crippen molar-refractivity contribution < 1.29 is 9.32 Å². The third-order valence-corrected chi connectivity index (χ3v) is 5.17. The van der Waals surface area contributed by atoms with Crippen molar-refractivity contribution in [2.24, 2.45) is 5.73 Å². The molecule has 0 bridgehead atoms. The first kappa shape index (κ1) is 17.7. The molecule has 27 heavy (non-hydrogen) atoms. The van der Waals surface area contributed by atoms with Gasteiger partial charge in [-0.3, -0.25) is 4.79 Å². The number of fused-ring (bicyclic) bond motifs is 1. The highest BCUT2D eigenvalue weighted by molar-refractivity contribution is 5.97. The van der Waals surface area contributed by atoms with Crippen LogP contribution in [0.25, 0.3) is 11.1 Å². The van der Waals surface area contributed by atoms with Crippen molar-refractivity contribution in [3.05, 3.63) is 59.4 Å². The number of benzene rings is 1. The van der Waals surface area contributed by atoms with Gasteiger partial charge in [0.2, 0.25) is 0 Å². The zero-order chi connectivity index (χ0) is 19.2. The van der Waals surface area contributed by atoms with E-state index in [1.54, 1.807) is 6.20 Å². The van der Waals surface area contributed by atoms with Crippen LogP contribution in [0.5, 0.6) is 0 Å². The highest BCUT2D eigenvalue weighted by Crippen LogP contribution is 2.30. The summed E-state index contributed by atoms with van der Waals surface area (Å²) in [6.07, 6.45) is 1.56. The third-order valence-electron chi connectivity index (χ3n) is 5.17. The van der Waals surface area contributed by atoms with Gasteiger partial charge in [0.25, 0.3) is 11.6 Å². The van der Waals surface area contributed by atoms with Crippen molar-refractivity contribution >= 4 is 17.0 Å². The Morgan fingerprint density at radius 2 is 1.96 bits per heavy atom. The Hall–Kier alpha value is -2.73. The molecule has 3 heterocycles. The number of nitrogens with zero attached hydrogens (tertiary/aromatic N) is 3. The van der Waals surface area contributed by atoms with Gasteiger partial charge in [0, 0.05) is 36.7 Å². The van der Waals surface area contributed by atoms with E-state index in [1.807, 2.05) is 29.2 Å². The Balaban J connectivity index is 1.62. The largest absolute Gasteiger partial charge is 0.336 e. The molecule has 0 spiro atoms. The number of amides is 1. The first-order valence-corrected chi connectivity index (χ1v) is 9.20. The van der Waals surface area contributed by atoms with Crippen LogP contribution in [0.3, 0.4) is 0 Å². The Bertz CT molecular complexity index is 975. The first-order valence-electron chi connectivity index (χ1n) is 9.20. The van der Waals surface area contributed by atoms with E-state index < -0.39 is 0 Å². The number of hydrogen-bond acceptors (Lipinski definition) is 5. The lowest BCUT2D eigenvalue weighted by molar-refractivity contribution is 0.0789. The number of rotatable bonds is 2. The van der Waals surface area contributed by atoms with Crippen LogP contribution >= 0.6 is 0 Å². The zero-order valence-electron chi connectivity index (χ0n) is 15.8. The average Bonchev–Trinajstić information content (AvgIpc) is 3.24. The van der Waals surface area contributed by atoms with E-state index in [-0.39, 0.29) is 23.3 Å². The lowest BCUT2D eigenvalue weighted by atomic mass is 9.90. The highest BCUT2D eigenvalue weighted by Gasteiger charge is 2.34. The molecule has 1 fully saturated rings. The Morgan fingerprint density at radius 1 is 1.22 bits per heavy atom. The van der Waals surface area contributed by atoms with Gasteiger partial charge in [-0.15, -0.1) is 0 Å². The molecular formula is C21H24N4O2. The quantitative estimate of drug-likeness (QED) is 0.755. The van der Waals surface area contributed by atoms with Crippen LogP contribution in [-0.2, 0) is 5.41 Å². The lowest BCUT2D eigenvalue weighted by Crippen LogP contribution is -2.32. The van der Waals surface area contributed by atoms with Gasteiger partial charge in [-0.05, 0) is 11.6 Å². The molecule has 0 radical (unpaired) electrons. The molecule has 3 aromatic rings. The maximum atomic E-state index is 13.1. The van der Waals surface area contributed by atoms with Crippen molar-refractivity contribution in [1.29, 1.82) is 0 Å². The molecule has 4 rings (SSSR count).